The van der Waals surface area contributed by atoms with Crippen LogP contribution in [0.3, 0.4) is 0 Å². The quantitative estimate of drug-likeness (QED) is 0.623. The summed E-state index contributed by atoms with van der Waals surface area (Å²) in [5, 5.41) is 5.85. The Morgan fingerprint density at radius 1 is 1.00 bits per heavy atom. The minimum absolute atomic E-state index is 0.263. The predicted octanol–water partition coefficient (Wildman–Crippen LogP) is 3.94. The number of nitrogens with one attached hydrogen (secondary N) is 1. The van der Waals surface area contributed by atoms with Crippen LogP contribution in [0.25, 0.3) is 10.8 Å². The van der Waals surface area contributed by atoms with E-state index in [-0.39, 0.29) is 5.91 Å². The second-order valence-electron chi connectivity index (χ2n) is 8.95. The van der Waals surface area contributed by atoms with Gasteiger partial charge in [-0.3, -0.25) is 4.79 Å². The second-order valence-corrected chi connectivity index (χ2v) is 8.95. The van der Waals surface area contributed by atoms with Crippen molar-refractivity contribution in [3.05, 3.63) is 49.5 Å². The molecule has 2 fully saturated rings. The van der Waals surface area contributed by atoms with Crippen LogP contribution in [0.15, 0.2) is 42.5 Å². The van der Waals surface area contributed by atoms with Crippen molar-refractivity contribution in [2.45, 2.75) is 57.4 Å². The number of amides is 1. The van der Waals surface area contributed by atoms with Crippen molar-refractivity contribution in [3.8, 4) is 0 Å². The molecule has 28 heavy (non-hydrogen) atoms. The van der Waals surface area contributed by atoms with E-state index < -0.39 is 0 Å². The molecule has 1 aliphatic heterocycles. The average molecular weight is 375 g/mol. The van der Waals surface area contributed by atoms with Crippen molar-refractivity contribution in [1.82, 2.24) is 5.32 Å². The molecule has 1 heterocycles. The van der Waals surface area contributed by atoms with E-state index in [0.29, 0.717) is 16.4 Å². The minimum atomic E-state index is 0.263. The fourth-order valence-corrected chi connectivity index (χ4v) is 4.90. The number of benzene rings is 2. The summed E-state index contributed by atoms with van der Waals surface area (Å²) in [6, 6.07) is 15.4. The minimum Gasteiger partial charge on any atom is -0.527 e. The Morgan fingerprint density at radius 2 is 1.71 bits per heavy atom. The van der Waals surface area contributed by atoms with Crippen LogP contribution < -0.4 is 10.8 Å². The van der Waals surface area contributed by atoms with Crippen LogP contribution in [0.4, 0.5) is 0 Å². The SMILES string of the molecule is [CH2-][N+]1([B]c2ccc3ccccc3c2)CCC(NC(=O)CC2CCCCC2)CC1. The van der Waals surface area contributed by atoms with Gasteiger partial charge < -0.3 is 9.71 Å². The Bertz CT molecular complexity index is 807. The van der Waals surface area contributed by atoms with Gasteiger partial charge in [-0.15, -0.1) is 0 Å². The third-order valence-electron chi connectivity index (χ3n) is 6.61. The molecule has 1 saturated heterocycles. The van der Waals surface area contributed by atoms with Crippen molar-refractivity contribution in [3.63, 3.8) is 0 Å². The molecule has 1 radical (unpaired) electrons. The van der Waals surface area contributed by atoms with Crippen LogP contribution in [-0.4, -0.2) is 36.8 Å². The van der Waals surface area contributed by atoms with Gasteiger partial charge in [-0.05, 0) is 35.0 Å². The van der Waals surface area contributed by atoms with Gasteiger partial charge in [0.15, 0.2) is 0 Å². The average Bonchev–Trinajstić information content (AvgIpc) is 2.70. The smallest absolute Gasteiger partial charge is 0.458 e. The number of fused-ring (bicyclic) bond motifs is 1. The van der Waals surface area contributed by atoms with E-state index >= 15 is 0 Å². The zero-order chi connectivity index (χ0) is 19.4. The van der Waals surface area contributed by atoms with E-state index in [9.17, 15) is 4.79 Å². The summed E-state index contributed by atoms with van der Waals surface area (Å²) in [6.45, 7) is 1.95. The number of carbonyl (C=O) groups is 1. The molecule has 1 saturated carbocycles. The number of hydrogen-bond acceptors (Lipinski definition) is 1. The molecule has 0 bridgehead atoms. The standard InChI is InChI=1S/C24H32BN2O/c1-27(25-22-12-11-20-9-5-6-10-21(20)18-22)15-13-23(14-16-27)26-24(28)17-19-7-3-2-4-8-19/h5-6,9-12,18-19,23H,1-4,7-8,13-17H2,(H,26,28). The molecule has 1 aliphatic carbocycles. The Morgan fingerprint density at radius 3 is 2.46 bits per heavy atom. The number of nitrogens with zero attached hydrogens (tertiary/aromatic N) is 1. The summed E-state index contributed by atoms with van der Waals surface area (Å²) in [4.78, 5) is 12.4. The largest absolute Gasteiger partial charge is 0.527 e. The normalized spacial score (nSPS) is 26.1. The van der Waals surface area contributed by atoms with Crippen LogP contribution in [0.1, 0.15) is 51.4 Å². The molecule has 4 heteroatoms. The number of hydrogen-bond donors (Lipinski definition) is 1. The van der Waals surface area contributed by atoms with Crippen molar-refractivity contribution < 1.29 is 9.19 Å². The first-order valence-corrected chi connectivity index (χ1v) is 10.9. The molecule has 0 spiro atoms. The summed E-state index contributed by atoms with van der Waals surface area (Å²) in [5.41, 5.74) is 1.23. The fraction of sp³-hybridized carbons (Fsp3) is 0.500. The first-order chi connectivity index (χ1) is 13.6. The molecule has 4 rings (SSSR count). The third kappa shape index (κ3) is 4.97. The number of likely N-dealkylation sites (tertiary alicyclic amines) is 1. The molecule has 147 valence electrons. The predicted molar refractivity (Wildman–Crippen MR) is 117 cm³/mol. The van der Waals surface area contributed by atoms with Crippen LogP contribution in [0, 0.1) is 13.0 Å². The Balaban J connectivity index is 1.27. The number of carbonyl (C=O) groups excluding carboxylic acids is 1. The lowest BCUT2D eigenvalue weighted by Crippen LogP contribution is -2.57. The number of rotatable bonds is 5. The van der Waals surface area contributed by atoms with E-state index in [1.54, 1.807) is 0 Å². The Labute approximate surface area is 170 Å². The van der Waals surface area contributed by atoms with E-state index in [4.69, 9.17) is 0 Å². The maximum atomic E-state index is 12.4. The van der Waals surface area contributed by atoms with Gasteiger partial charge in [0.2, 0.25) is 5.91 Å². The Kier molecular flexibility index (Phi) is 6.06. The number of quaternary nitrogens is 1. The molecule has 0 aromatic heterocycles. The van der Waals surface area contributed by atoms with Gasteiger partial charge in [-0.25, -0.2) is 0 Å². The fourth-order valence-electron chi connectivity index (χ4n) is 4.90. The molecule has 1 amide bonds. The highest BCUT2D eigenvalue weighted by Gasteiger charge is 2.29. The summed E-state index contributed by atoms with van der Waals surface area (Å²) in [7, 11) is 6.77. The van der Waals surface area contributed by atoms with Crippen molar-refractivity contribution in [2.24, 2.45) is 5.92 Å². The van der Waals surface area contributed by atoms with Gasteiger partial charge in [-0.2, -0.15) is 7.05 Å². The summed E-state index contributed by atoms with van der Waals surface area (Å²) in [5.74, 6) is 0.876. The highest BCUT2D eigenvalue weighted by Crippen LogP contribution is 2.26. The summed E-state index contributed by atoms with van der Waals surface area (Å²) in [6.07, 6.45) is 9.15. The van der Waals surface area contributed by atoms with Crippen LogP contribution >= 0.6 is 0 Å². The van der Waals surface area contributed by atoms with Gasteiger partial charge in [0.1, 0.15) is 0 Å². The number of piperidine rings is 1. The van der Waals surface area contributed by atoms with E-state index in [2.05, 4.69) is 62.2 Å². The molecular weight excluding hydrogens is 343 g/mol. The topological polar surface area (TPSA) is 29.1 Å². The van der Waals surface area contributed by atoms with Crippen molar-refractivity contribution in [2.75, 3.05) is 13.1 Å². The maximum absolute atomic E-state index is 12.4. The van der Waals surface area contributed by atoms with Gasteiger partial charge in [0.05, 0.1) is 0 Å². The first-order valence-electron chi connectivity index (χ1n) is 10.9. The van der Waals surface area contributed by atoms with E-state index in [0.717, 1.165) is 32.4 Å². The summed E-state index contributed by atoms with van der Waals surface area (Å²) < 4.78 is 0.702. The van der Waals surface area contributed by atoms with Gasteiger partial charge in [0.25, 0.3) is 0 Å². The van der Waals surface area contributed by atoms with E-state index in [1.807, 2.05) is 0 Å². The van der Waals surface area contributed by atoms with Gasteiger partial charge in [-0.1, -0.05) is 61.7 Å². The maximum Gasteiger partial charge on any atom is 0.458 e. The van der Waals surface area contributed by atoms with Crippen LogP contribution in [0.2, 0.25) is 0 Å². The second kappa shape index (κ2) is 8.69. The van der Waals surface area contributed by atoms with Gasteiger partial charge >= 0.3 is 7.41 Å². The molecule has 0 unspecified atom stereocenters. The lowest BCUT2D eigenvalue weighted by atomic mass is 9.75. The van der Waals surface area contributed by atoms with Crippen LogP contribution in [-0.2, 0) is 4.79 Å². The molecule has 2 aromatic rings. The lowest BCUT2D eigenvalue weighted by molar-refractivity contribution is -0.780. The van der Waals surface area contributed by atoms with Crippen LogP contribution in [0.5, 0.6) is 0 Å². The zero-order valence-electron chi connectivity index (χ0n) is 16.9. The molecular formula is C24H32BN2O. The first kappa shape index (κ1) is 19.5. The monoisotopic (exact) mass is 375 g/mol. The highest BCUT2D eigenvalue weighted by molar-refractivity contribution is 6.46. The molecule has 1 N–H and O–H groups in total. The molecule has 2 aromatic carbocycles. The Hall–Kier alpha value is -1.81. The molecule has 3 nitrogen and oxygen atoms in total. The highest BCUT2D eigenvalue weighted by atomic mass is 16.1. The van der Waals surface area contributed by atoms with E-state index in [1.165, 1.54) is 48.3 Å². The lowest BCUT2D eigenvalue weighted by Gasteiger charge is -2.48. The third-order valence-corrected chi connectivity index (χ3v) is 6.61. The molecule has 0 atom stereocenters. The summed E-state index contributed by atoms with van der Waals surface area (Å²) >= 11 is 0. The van der Waals surface area contributed by atoms with Crippen molar-refractivity contribution >= 4 is 29.6 Å². The molecule has 2 aliphatic rings. The van der Waals surface area contributed by atoms with Crippen molar-refractivity contribution in [1.29, 1.82) is 0 Å². The van der Waals surface area contributed by atoms with Gasteiger partial charge in [0, 0.05) is 38.4 Å². The zero-order valence-corrected chi connectivity index (χ0v) is 16.9.